The third-order valence-corrected chi connectivity index (χ3v) is 1.77. The third kappa shape index (κ3) is 1.46. The fourth-order valence-corrected chi connectivity index (χ4v) is 1.02. The maximum Gasteiger partial charge on any atom is 0.171 e. The van der Waals surface area contributed by atoms with Gasteiger partial charge in [0, 0.05) is 12.4 Å². The Hall–Kier alpha value is -1.62. The Morgan fingerprint density at radius 2 is 2.23 bits per heavy atom. The van der Waals surface area contributed by atoms with Crippen LogP contribution >= 0.6 is 11.6 Å². The maximum atomic E-state index is 5.72. The van der Waals surface area contributed by atoms with Crippen LogP contribution in [-0.2, 0) is 0 Å². The topological polar surface area (TPSA) is 69.6 Å². The lowest BCUT2D eigenvalue weighted by atomic mass is 10.6. The Bertz CT molecular complexity index is 391. The molecule has 2 rings (SSSR count). The van der Waals surface area contributed by atoms with Gasteiger partial charge in [-0.2, -0.15) is 0 Å². The molecular formula is C7H6ClN5. The predicted molar refractivity (Wildman–Crippen MR) is 48.6 cm³/mol. The monoisotopic (exact) mass is 195 g/mol. The molecule has 0 atom stereocenters. The molecule has 0 unspecified atom stereocenters. The molecule has 2 aromatic rings. The molecule has 0 radical (unpaired) electrons. The van der Waals surface area contributed by atoms with E-state index in [0.29, 0.717) is 10.8 Å². The standard InChI is InChI=1S/C7H6ClN5/c8-5-4-13(12-7(5)9)6-3-10-1-2-11-6/h1-4H,(H2,9,12). The summed E-state index contributed by atoms with van der Waals surface area (Å²) in [4.78, 5) is 7.92. The summed E-state index contributed by atoms with van der Waals surface area (Å²) in [7, 11) is 0. The highest BCUT2D eigenvalue weighted by Gasteiger charge is 2.04. The molecule has 0 bridgehead atoms. The van der Waals surface area contributed by atoms with Crippen LogP contribution in [0.2, 0.25) is 5.02 Å². The number of anilines is 1. The minimum Gasteiger partial charge on any atom is -0.381 e. The van der Waals surface area contributed by atoms with E-state index in [1.807, 2.05) is 0 Å². The van der Waals surface area contributed by atoms with Crippen molar-refractivity contribution >= 4 is 17.4 Å². The van der Waals surface area contributed by atoms with Gasteiger partial charge in [-0.15, -0.1) is 5.10 Å². The van der Waals surface area contributed by atoms with Gasteiger partial charge in [0.15, 0.2) is 11.6 Å². The van der Waals surface area contributed by atoms with Crippen LogP contribution in [0.25, 0.3) is 5.82 Å². The predicted octanol–water partition coefficient (Wildman–Crippen LogP) is 0.898. The van der Waals surface area contributed by atoms with Crippen molar-refractivity contribution in [3.05, 3.63) is 29.8 Å². The quantitative estimate of drug-likeness (QED) is 0.734. The molecular weight excluding hydrogens is 190 g/mol. The highest BCUT2D eigenvalue weighted by molar-refractivity contribution is 6.32. The van der Waals surface area contributed by atoms with Crippen LogP contribution < -0.4 is 5.73 Å². The number of aromatic nitrogens is 4. The summed E-state index contributed by atoms with van der Waals surface area (Å²) in [6.07, 6.45) is 6.31. The van der Waals surface area contributed by atoms with Gasteiger partial charge < -0.3 is 5.73 Å². The molecule has 0 amide bonds. The van der Waals surface area contributed by atoms with E-state index in [2.05, 4.69) is 15.1 Å². The fourth-order valence-electron chi connectivity index (χ4n) is 0.893. The van der Waals surface area contributed by atoms with Gasteiger partial charge >= 0.3 is 0 Å². The first-order chi connectivity index (χ1) is 6.27. The Morgan fingerprint density at radius 3 is 2.77 bits per heavy atom. The van der Waals surface area contributed by atoms with E-state index in [-0.39, 0.29) is 5.82 Å². The van der Waals surface area contributed by atoms with Gasteiger partial charge in [0.1, 0.15) is 5.02 Å². The molecule has 2 N–H and O–H groups in total. The molecule has 0 aromatic carbocycles. The van der Waals surface area contributed by atoms with Crippen LogP contribution in [0.3, 0.4) is 0 Å². The Balaban J connectivity index is 2.48. The summed E-state index contributed by atoms with van der Waals surface area (Å²) in [6, 6.07) is 0. The number of hydrogen-bond acceptors (Lipinski definition) is 4. The van der Waals surface area contributed by atoms with Gasteiger partial charge in [-0.05, 0) is 0 Å². The van der Waals surface area contributed by atoms with Crippen molar-refractivity contribution in [3.63, 3.8) is 0 Å². The molecule has 0 saturated carbocycles. The number of nitrogens with two attached hydrogens (primary N) is 1. The number of rotatable bonds is 1. The summed E-state index contributed by atoms with van der Waals surface area (Å²) in [6.45, 7) is 0. The molecule has 0 saturated heterocycles. The summed E-state index contributed by atoms with van der Waals surface area (Å²) < 4.78 is 1.48. The molecule has 2 heterocycles. The van der Waals surface area contributed by atoms with Crippen molar-refractivity contribution in [3.8, 4) is 5.82 Å². The summed E-state index contributed by atoms with van der Waals surface area (Å²) in [5, 5.41) is 4.35. The van der Waals surface area contributed by atoms with Gasteiger partial charge in [-0.1, -0.05) is 11.6 Å². The maximum absolute atomic E-state index is 5.72. The second-order valence-electron chi connectivity index (χ2n) is 2.37. The van der Waals surface area contributed by atoms with Crippen molar-refractivity contribution in [2.75, 3.05) is 5.73 Å². The largest absolute Gasteiger partial charge is 0.381 e. The van der Waals surface area contributed by atoms with Crippen molar-refractivity contribution in [2.45, 2.75) is 0 Å². The Labute approximate surface area is 79.2 Å². The Morgan fingerprint density at radius 1 is 1.38 bits per heavy atom. The van der Waals surface area contributed by atoms with Crippen molar-refractivity contribution < 1.29 is 0 Å². The molecule has 0 aliphatic rings. The van der Waals surface area contributed by atoms with E-state index >= 15 is 0 Å². The fraction of sp³-hybridized carbons (Fsp3) is 0. The smallest absolute Gasteiger partial charge is 0.171 e. The van der Waals surface area contributed by atoms with E-state index < -0.39 is 0 Å². The van der Waals surface area contributed by atoms with E-state index in [9.17, 15) is 0 Å². The lowest BCUT2D eigenvalue weighted by Gasteiger charge is -1.95. The second kappa shape index (κ2) is 3.02. The summed E-state index contributed by atoms with van der Waals surface area (Å²) in [5.74, 6) is 0.869. The summed E-state index contributed by atoms with van der Waals surface area (Å²) >= 11 is 5.72. The van der Waals surface area contributed by atoms with Crippen molar-refractivity contribution in [2.24, 2.45) is 0 Å². The Kier molecular flexibility index (Phi) is 1.86. The third-order valence-electron chi connectivity index (χ3n) is 1.48. The molecule has 5 nitrogen and oxygen atoms in total. The van der Waals surface area contributed by atoms with Gasteiger partial charge in [-0.3, -0.25) is 4.98 Å². The molecule has 13 heavy (non-hydrogen) atoms. The van der Waals surface area contributed by atoms with Crippen LogP contribution in [0.4, 0.5) is 5.82 Å². The van der Waals surface area contributed by atoms with Crippen LogP contribution in [0.5, 0.6) is 0 Å². The lowest BCUT2D eigenvalue weighted by molar-refractivity contribution is 0.842. The van der Waals surface area contributed by atoms with Crippen LogP contribution in [0, 0.1) is 0 Å². The van der Waals surface area contributed by atoms with E-state index in [0.717, 1.165) is 0 Å². The zero-order valence-corrected chi connectivity index (χ0v) is 7.31. The minimum atomic E-state index is 0.285. The zero-order chi connectivity index (χ0) is 9.26. The molecule has 0 aliphatic heterocycles. The first-order valence-corrected chi connectivity index (χ1v) is 3.92. The summed E-state index contributed by atoms with van der Waals surface area (Å²) in [5.41, 5.74) is 5.47. The molecule has 2 aromatic heterocycles. The highest BCUT2D eigenvalue weighted by atomic mass is 35.5. The zero-order valence-electron chi connectivity index (χ0n) is 6.55. The normalized spacial score (nSPS) is 10.2. The average molecular weight is 196 g/mol. The van der Waals surface area contributed by atoms with Gasteiger partial charge in [0.2, 0.25) is 0 Å². The molecule has 0 aliphatic carbocycles. The first kappa shape index (κ1) is 8.00. The SMILES string of the molecule is Nc1nn(-c2cnccn2)cc1Cl. The van der Waals surface area contributed by atoms with E-state index in [4.69, 9.17) is 17.3 Å². The van der Waals surface area contributed by atoms with Crippen molar-refractivity contribution in [1.82, 2.24) is 19.7 Å². The molecule has 0 spiro atoms. The first-order valence-electron chi connectivity index (χ1n) is 3.54. The lowest BCUT2D eigenvalue weighted by Crippen LogP contribution is -1.98. The van der Waals surface area contributed by atoms with Crippen molar-refractivity contribution in [1.29, 1.82) is 0 Å². The van der Waals surface area contributed by atoms with E-state index in [1.165, 1.54) is 4.68 Å². The van der Waals surface area contributed by atoms with Gasteiger partial charge in [-0.25, -0.2) is 9.67 Å². The molecule has 66 valence electrons. The number of nitrogens with zero attached hydrogens (tertiary/aromatic N) is 4. The van der Waals surface area contributed by atoms with E-state index in [1.54, 1.807) is 24.8 Å². The highest BCUT2D eigenvalue weighted by Crippen LogP contribution is 2.16. The van der Waals surface area contributed by atoms with Crippen LogP contribution in [0.15, 0.2) is 24.8 Å². The van der Waals surface area contributed by atoms with Crippen LogP contribution in [-0.4, -0.2) is 19.7 Å². The number of hydrogen-bond donors (Lipinski definition) is 1. The number of nitrogen functional groups attached to an aromatic ring is 1. The second-order valence-corrected chi connectivity index (χ2v) is 2.78. The number of halogens is 1. The van der Waals surface area contributed by atoms with Crippen LogP contribution in [0.1, 0.15) is 0 Å². The van der Waals surface area contributed by atoms with Gasteiger partial charge in [0.05, 0.1) is 12.4 Å². The minimum absolute atomic E-state index is 0.285. The van der Waals surface area contributed by atoms with Gasteiger partial charge in [0.25, 0.3) is 0 Å². The molecule has 0 fully saturated rings. The molecule has 6 heteroatoms. The average Bonchev–Trinajstić information content (AvgIpc) is 2.49.